The molecule has 0 amide bonds. The van der Waals surface area contributed by atoms with E-state index in [1.54, 1.807) is 0 Å². The van der Waals surface area contributed by atoms with E-state index in [-0.39, 0.29) is 0 Å². The number of carboxylic acids is 1. The molecule has 1 fully saturated rings. The van der Waals surface area contributed by atoms with E-state index in [1.165, 1.54) is 19.3 Å². The van der Waals surface area contributed by atoms with Crippen LogP contribution in [0.3, 0.4) is 0 Å². The summed E-state index contributed by atoms with van der Waals surface area (Å²) >= 11 is 0. The van der Waals surface area contributed by atoms with E-state index in [1.807, 2.05) is 20.9 Å². The summed E-state index contributed by atoms with van der Waals surface area (Å²) in [5, 5.41) is 9.48. The van der Waals surface area contributed by atoms with Crippen LogP contribution in [0.4, 0.5) is 0 Å². The predicted molar refractivity (Wildman–Crippen MR) is 65.6 cm³/mol. The topological polar surface area (TPSA) is 40.5 Å². The van der Waals surface area contributed by atoms with Crippen molar-refractivity contribution in [2.45, 2.75) is 70.4 Å². The van der Waals surface area contributed by atoms with Crippen LogP contribution < -0.4 is 0 Å². The van der Waals surface area contributed by atoms with Gasteiger partial charge in [0.2, 0.25) is 0 Å². The molecule has 1 rings (SSSR count). The highest BCUT2D eigenvalue weighted by molar-refractivity contribution is 5.78. The minimum absolute atomic E-state index is 0.463. The van der Waals surface area contributed by atoms with Gasteiger partial charge < -0.3 is 5.11 Å². The highest BCUT2D eigenvalue weighted by Gasteiger charge is 2.42. The zero-order valence-corrected chi connectivity index (χ0v) is 10.8. The number of hydrogen-bond acceptors (Lipinski definition) is 2. The number of hydrogen-bond donors (Lipinski definition) is 1. The van der Waals surface area contributed by atoms with E-state index >= 15 is 0 Å². The third-order valence-electron chi connectivity index (χ3n) is 4.37. The molecule has 0 radical (unpaired) electrons. The molecule has 3 nitrogen and oxygen atoms in total. The summed E-state index contributed by atoms with van der Waals surface area (Å²) in [5.74, 6) is -0.662. The van der Waals surface area contributed by atoms with Gasteiger partial charge in [0.1, 0.15) is 5.54 Å². The van der Waals surface area contributed by atoms with Crippen LogP contribution in [0.25, 0.3) is 0 Å². The lowest BCUT2D eigenvalue weighted by atomic mass is 9.85. The van der Waals surface area contributed by atoms with Crippen molar-refractivity contribution in [1.82, 2.24) is 4.90 Å². The second kappa shape index (κ2) is 5.67. The van der Waals surface area contributed by atoms with Crippen LogP contribution >= 0.6 is 0 Å². The summed E-state index contributed by atoms with van der Waals surface area (Å²) in [4.78, 5) is 13.7. The number of carbonyl (C=O) groups is 1. The summed E-state index contributed by atoms with van der Waals surface area (Å²) in [5.41, 5.74) is -0.651. The third kappa shape index (κ3) is 2.40. The largest absolute Gasteiger partial charge is 0.480 e. The molecule has 0 heterocycles. The SMILES string of the molecule is CCC(CC)(C(=O)O)N(C)C1CCCCC1. The molecule has 0 atom stereocenters. The van der Waals surface area contributed by atoms with Crippen molar-refractivity contribution in [3.8, 4) is 0 Å². The van der Waals surface area contributed by atoms with Crippen LogP contribution in [0.5, 0.6) is 0 Å². The normalized spacial score (nSPS) is 19.0. The van der Waals surface area contributed by atoms with Crippen molar-refractivity contribution >= 4 is 5.97 Å². The van der Waals surface area contributed by atoms with Gasteiger partial charge in [0, 0.05) is 6.04 Å². The molecule has 0 bridgehead atoms. The number of aliphatic carboxylic acids is 1. The minimum atomic E-state index is -0.662. The van der Waals surface area contributed by atoms with Crippen LogP contribution in [-0.4, -0.2) is 34.6 Å². The maximum atomic E-state index is 11.5. The van der Waals surface area contributed by atoms with E-state index < -0.39 is 11.5 Å². The molecule has 1 aliphatic carbocycles. The van der Waals surface area contributed by atoms with Gasteiger partial charge in [-0.2, -0.15) is 0 Å². The molecule has 16 heavy (non-hydrogen) atoms. The summed E-state index contributed by atoms with van der Waals surface area (Å²) in [6.07, 6.45) is 7.49. The Labute approximate surface area is 98.8 Å². The van der Waals surface area contributed by atoms with Crippen LogP contribution in [-0.2, 0) is 4.79 Å². The Morgan fingerprint density at radius 3 is 2.12 bits per heavy atom. The standard InChI is InChI=1S/C13H25NO2/c1-4-13(5-2,12(15)16)14(3)11-9-7-6-8-10-11/h11H,4-10H2,1-3H3,(H,15,16). The molecule has 1 aliphatic rings. The molecule has 1 N–H and O–H groups in total. The van der Waals surface area contributed by atoms with E-state index in [0.717, 1.165) is 12.8 Å². The minimum Gasteiger partial charge on any atom is -0.480 e. The number of carboxylic acid groups (broad SMARTS) is 1. The van der Waals surface area contributed by atoms with Crippen LogP contribution in [0.2, 0.25) is 0 Å². The molecule has 0 saturated heterocycles. The van der Waals surface area contributed by atoms with E-state index in [0.29, 0.717) is 18.9 Å². The first kappa shape index (κ1) is 13.5. The molecule has 0 spiro atoms. The Balaban J connectivity index is 2.80. The maximum Gasteiger partial charge on any atom is 0.324 e. The first-order valence-electron chi connectivity index (χ1n) is 6.54. The maximum absolute atomic E-state index is 11.5. The van der Waals surface area contributed by atoms with Gasteiger partial charge in [0.05, 0.1) is 0 Å². The molecule has 0 aromatic heterocycles. The van der Waals surface area contributed by atoms with Gasteiger partial charge in [-0.25, -0.2) is 0 Å². The molecule has 0 unspecified atom stereocenters. The Kier molecular flexibility index (Phi) is 4.78. The van der Waals surface area contributed by atoms with Gasteiger partial charge in [0.25, 0.3) is 0 Å². The van der Waals surface area contributed by atoms with Gasteiger partial charge in [-0.05, 0) is 32.7 Å². The highest BCUT2D eigenvalue weighted by Crippen LogP contribution is 2.31. The first-order valence-corrected chi connectivity index (χ1v) is 6.54. The average molecular weight is 227 g/mol. The predicted octanol–water partition coefficient (Wildman–Crippen LogP) is 2.89. The van der Waals surface area contributed by atoms with Gasteiger partial charge >= 0.3 is 5.97 Å². The molecule has 94 valence electrons. The Morgan fingerprint density at radius 1 is 1.25 bits per heavy atom. The number of likely N-dealkylation sites (N-methyl/N-ethyl adjacent to an activating group) is 1. The first-order chi connectivity index (χ1) is 7.58. The Morgan fingerprint density at radius 2 is 1.75 bits per heavy atom. The lowest BCUT2D eigenvalue weighted by Gasteiger charge is -2.43. The Bertz CT molecular complexity index is 230. The number of rotatable bonds is 5. The fraction of sp³-hybridized carbons (Fsp3) is 0.923. The monoisotopic (exact) mass is 227 g/mol. The summed E-state index contributed by atoms with van der Waals surface area (Å²) in [7, 11) is 2.00. The van der Waals surface area contributed by atoms with Crippen molar-refractivity contribution < 1.29 is 9.90 Å². The quantitative estimate of drug-likeness (QED) is 0.785. The lowest BCUT2D eigenvalue weighted by molar-refractivity contribution is -0.153. The summed E-state index contributed by atoms with van der Waals surface area (Å²) in [6, 6.07) is 0.463. The second-order valence-corrected chi connectivity index (χ2v) is 4.95. The lowest BCUT2D eigenvalue weighted by Crippen LogP contribution is -2.56. The summed E-state index contributed by atoms with van der Waals surface area (Å²) < 4.78 is 0. The van der Waals surface area contributed by atoms with Gasteiger partial charge in [-0.15, -0.1) is 0 Å². The third-order valence-corrected chi connectivity index (χ3v) is 4.37. The molecular formula is C13H25NO2. The zero-order chi connectivity index (χ0) is 12.2. The van der Waals surface area contributed by atoms with Crippen molar-refractivity contribution in [3.05, 3.63) is 0 Å². The van der Waals surface area contributed by atoms with E-state index in [2.05, 4.69) is 4.90 Å². The molecule has 0 aromatic carbocycles. The van der Waals surface area contributed by atoms with Crippen molar-refractivity contribution in [2.24, 2.45) is 0 Å². The van der Waals surface area contributed by atoms with Gasteiger partial charge in [-0.1, -0.05) is 33.1 Å². The second-order valence-electron chi connectivity index (χ2n) is 4.95. The molecule has 0 aromatic rings. The van der Waals surface area contributed by atoms with Crippen LogP contribution in [0.15, 0.2) is 0 Å². The van der Waals surface area contributed by atoms with Crippen LogP contribution in [0, 0.1) is 0 Å². The smallest absolute Gasteiger partial charge is 0.324 e. The molecule has 3 heteroatoms. The zero-order valence-electron chi connectivity index (χ0n) is 10.8. The highest BCUT2D eigenvalue weighted by atomic mass is 16.4. The van der Waals surface area contributed by atoms with E-state index in [9.17, 15) is 9.90 Å². The molecule has 1 saturated carbocycles. The van der Waals surface area contributed by atoms with Crippen LogP contribution in [0.1, 0.15) is 58.8 Å². The average Bonchev–Trinajstić information content (AvgIpc) is 2.32. The van der Waals surface area contributed by atoms with Crippen molar-refractivity contribution in [2.75, 3.05) is 7.05 Å². The van der Waals surface area contributed by atoms with Crippen molar-refractivity contribution in [3.63, 3.8) is 0 Å². The van der Waals surface area contributed by atoms with Gasteiger partial charge in [0.15, 0.2) is 0 Å². The van der Waals surface area contributed by atoms with E-state index in [4.69, 9.17) is 0 Å². The van der Waals surface area contributed by atoms with Crippen molar-refractivity contribution in [1.29, 1.82) is 0 Å². The fourth-order valence-electron chi connectivity index (χ4n) is 3.02. The molecule has 0 aliphatic heterocycles. The number of nitrogens with zero attached hydrogens (tertiary/aromatic N) is 1. The van der Waals surface area contributed by atoms with Gasteiger partial charge in [-0.3, -0.25) is 9.69 Å². The summed E-state index contributed by atoms with van der Waals surface area (Å²) in [6.45, 7) is 3.97. The molecular weight excluding hydrogens is 202 g/mol. The Hall–Kier alpha value is -0.570. The fourth-order valence-corrected chi connectivity index (χ4v) is 3.02.